The third kappa shape index (κ3) is 4.61. The number of ether oxygens (including phenoxy) is 1. The van der Waals surface area contributed by atoms with Crippen LogP contribution in [0.5, 0.6) is 0 Å². The van der Waals surface area contributed by atoms with Crippen molar-refractivity contribution in [2.45, 2.75) is 26.2 Å². The fraction of sp³-hybridized carbons (Fsp3) is 0.278. The highest BCUT2D eigenvalue weighted by Crippen LogP contribution is 2.39. The summed E-state index contributed by atoms with van der Waals surface area (Å²) in [7, 11) is 0. The van der Waals surface area contributed by atoms with Gasteiger partial charge in [0.1, 0.15) is 5.00 Å². The van der Waals surface area contributed by atoms with Crippen molar-refractivity contribution in [1.82, 2.24) is 5.43 Å². The second kappa shape index (κ2) is 8.73. The first-order valence-corrected chi connectivity index (χ1v) is 9.93. The van der Waals surface area contributed by atoms with Crippen LogP contribution >= 0.6 is 34.5 Å². The molecule has 0 radical (unpaired) electrons. The summed E-state index contributed by atoms with van der Waals surface area (Å²) in [4.78, 5) is 25.6. The molecule has 1 aromatic carbocycles. The van der Waals surface area contributed by atoms with E-state index in [4.69, 9.17) is 27.9 Å². The van der Waals surface area contributed by atoms with Crippen molar-refractivity contribution in [3.63, 3.8) is 0 Å². The van der Waals surface area contributed by atoms with E-state index >= 15 is 0 Å². The highest BCUT2D eigenvalue weighted by Gasteiger charge is 2.28. The molecule has 1 aliphatic carbocycles. The van der Waals surface area contributed by atoms with E-state index in [9.17, 15) is 9.59 Å². The van der Waals surface area contributed by atoms with Gasteiger partial charge in [0.15, 0.2) is 0 Å². The van der Waals surface area contributed by atoms with Crippen molar-refractivity contribution >= 4 is 57.8 Å². The van der Waals surface area contributed by atoms with Crippen molar-refractivity contribution in [1.29, 1.82) is 0 Å². The summed E-state index contributed by atoms with van der Waals surface area (Å²) in [6.45, 7) is 2.03. The monoisotopic (exact) mass is 425 g/mol. The number of anilines is 1. The van der Waals surface area contributed by atoms with Crippen LogP contribution < -0.4 is 10.7 Å². The van der Waals surface area contributed by atoms with Gasteiger partial charge < -0.3 is 4.74 Å². The summed E-state index contributed by atoms with van der Waals surface area (Å²) in [6, 6.07) is 4.40. The third-order valence-corrected chi connectivity index (χ3v) is 5.73. The lowest BCUT2D eigenvalue weighted by Crippen LogP contribution is -2.25. The van der Waals surface area contributed by atoms with E-state index in [1.54, 1.807) is 25.1 Å². The first-order valence-electron chi connectivity index (χ1n) is 8.36. The topological polar surface area (TPSA) is 79.8 Å². The van der Waals surface area contributed by atoms with E-state index < -0.39 is 12.0 Å². The van der Waals surface area contributed by atoms with Crippen molar-refractivity contribution < 1.29 is 14.3 Å². The Morgan fingerprint density at radius 2 is 2.15 bits per heavy atom. The van der Waals surface area contributed by atoms with Crippen LogP contribution in [0.4, 0.5) is 9.80 Å². The molecule has 3 rings (SSSR count). The molecule has 0 saturated carbocycles. The molecule has 2 aromatic rings. The van der Waals surface area contributed by atoms with E-state index in [1.165, 1.54) is 17.6 Å². The van der Waals surface area contributed by atoms with Crippen LogP contribution in [0, 0.1) is 0 Å². The van der Waals surface area contributed by atoms with Gasteiger partial charge in [-0.2, -0.15) is 5.10 Å². The predicted octanol–water partition coefficient (Wildman–Crippen LogP) is 4.88. The van der Waals surface area contributed by atoms with Gasteiger partial charge in [-0.15, -0.1) is 11.3 Å². The molecule has 2 amide bonds. The molecule has 0 aliphatic heterocycles. The van der Waals surface area contributed by atoms with E-state index in [1.807, 2.05) is 0 Å². The molecule has 27 heavy (non-hydrogen) atoms. The zero-order valence-corrected chi connectivity index (χ0v) is 16.8. The number of hydrogen-bond donors (Lipinski definition) is 2. The molecule has 142 valence electrons. The molecule has 0 bridgehead atoms. The van der Waals surface area contributed by atoms with Crippen LogP contribution in [0.2, 0.25) is 10.0 Å². The van der Waals surface area contributed by atoms with Crippen LogP contribution in [-0.4, -0.2) is 24.8 Å². The number of benzene rings is 1. The van der Waals surface area contributed by atoms with Crippen LogP contribution in [-0.2, 0) is 17.6 Å². The summed E-state index contributed by atoms with van der Waals surface area (Å²) in [6.07, 6.45) is 4.14. The first kappa shape index (κ1) is 19.7. The van der Waals surface area contributed by atoms with Crippen LogP contribution in [0.3, 0.4) is 0 Å². The Morgan fingerprint density at radius 3 is 2.89 bits per heavy atom. The van der Waals surface area contributed by atoms with Gasteiger partial charge in [-0.3, -0.25) is 5.32 Å². The highest BCUT2D eigenvalue weighted by molar-refractivity contribution is 7.17. The van der Waals surface area contributed by atoms with E-state index in [-0.39, 0.29) is 6.61 Å². The fourth-order valence-electron chi connectivity index (χ4n) is 2.81. The average Bonchev–Trinajstić information content (AvgIpc) is 3.17. The van der Waals surface area contributed by atoms with Crippen molar-refractivity contribution in [2.75, 3.05) is 11.9 Å². The first-order chi connectivity index (χ1) is 13.0. The second-order valence-corrected chi connectivity index (χ2v) is 7.72. The third-order valence-electron chi connectivity index (χ3n) is 3.96. The molecule has 0 atom stereocenters. The molecule has 0 saturated heterocycles. The Morgan fingerprint density at radius 1 is 1.33 bits per heavy atom. The number of fused-ring (bicyclic) bond motifs is 1. The predicted molar refractivity (Wildman–Crippen MR) is 109 cm³/mol. The van der Waals surface area contributed by atoms with Gasteiger partial charge in [-0.25, -0.2) is 15.0 Å². The van der Waals surface area contributed by atoms with Gasteiger partial charge in [0, 0.05) is 15.5 Å². The van der Waals surface area contributed by atoms with E-state index in [2.05, 4.69) is 15.8 Å². The Bertz CT molecular complexity index is 911. The summed E-state index contributed by atoms with van der Waals surface area (Å²) in [5.74, 6) is -0.413. The van der Waals surface area contributed by atoms with Crippen molar-refractivity contribution in [2.24, 2.45) is 5.10 Å². The smallest absolute Gasteiger partial charge is 0.341 e. The molecule has 1 aromatic heterocycles. The highest BCUT2D eigenvalue weighted by atomic mass is 35.5. The number of thiophene rings is 1. The molecule has 1 aliphatic rings. The van der Waals surface area contributed by atoms with Gasteiger partial charge in [-0.05, 0) is 43.9 Å². The minimum absolute atomic E-state index is 0.279. The number of hydrazone groups is 1. The van der Waals surface area contributed by atoms with Crippen LogP contribution in [0.1, 0.15) is 39.7 Å². The van der Waals surface area contributed by atoms with Gasteiger partial charge in [0.25, 0.3) is 0 Å². The second-order valence-electron chi connectivity index (χ2n) is 5.77. The van der Waals surface area contributed by atoms with E-state index in [0.29, 0.717) is 26.2 Å². The van der Waals surface area contributed by atoms with Gasteiger partial charge in [-0.1, -0.05) is 29.3 Å². The van der Waals surface area contributed by atoms with Crippen molar-refractivity contribution in [3.8, 4) is 0 Å². The summed E-state index contributed by atoms with van der Waals surface area (Å²) in [5, 5.41) is 7.99. The van der Waals surface area contributed by atoms with Gasteiger partial charge in [0.05, 0.1) is 23.4 Å². The molecular weight excluding hydrogens is 409 g/mol. The van der Waals surface area contributed by atoms with Crippen molar-refractivity contribution in [3.05, 3.63) is 49.8 Å². The molecule has 1 heterocycles. The summed E-state index contributed by atoms with van der Waals surface area (Å²) < 4.78 is 5.14. The Hall–Kier alpha value is -2.09. The number of nitrogens with zero attached hydrogens (tertiary/aromatic N) is 1. The maximum absolute atomic E-state index is 12.3. The van der Waals surface area contributed by atoms with Gasteiger partial charge in [0.2, 0.25) is 0 Å². The minimum atomic E-state index is -0.554. The quantitative estimate of drug-likeness (QED) is 0.407. The number of urea groups is 1. The van der Waals surface area contributed by atoms with Crippen LogP contribution in [0.15, 0.2) is 23.3 Å². The fourth-order valence-corrected chi connectivity index (χ4v) is 4.54. The number of carbonyl (C=O) groups excluding carboxylic acids is 2. The number of rotatable bonds is 5. The Kier molecular flexibility index (Phi) is 6.36. The average molecular weight is 426 g/mol. The Balaban J connectivity index is 1.69. The summed E-state index contributed by atoms with van der Waals surface area (Å²) >= 11 is 13.3. The minimum Gasteiger partial charge on any atom is -0.462 e. The molecule has 9 heteroatoms. The van der Waals surface area contributed by atoms with Gasteiger partial charge >= 0.3 is 12.0 Å². The molecule has 2 N–H and O–H groups in total. The normalized spacial score (nSPS) is 12.9. The Labute approximate surface area is 170 Å². The number of carbonyl (C=O) groups is 2. The molecule has 0 unspecified atom stereocenters. The summed E-state index contributed by atoms with van der Waals surface area (Å²) in [5.41, 5.74) is 4.41. The lowest BCUT2D eigenvalue weighted by atomic mass is 10.1. The standard InChI is InChI=1S/C18H17Cl2N3O3S/c1-2-26-17(24)15-12-4-3-5-14(12)27-16(15)22-18(25)23-21-9-10-6-7-11(19)8-13(10)20/h6-9H,2-5H2,1H3,(H2,22,23,25)/b21-9+. The van der Waals surface area contributed by atoms with E-state index in [0.717, 1.165) is 29.7 Å². The zero-order chi connectivity index (χ0) is 19.4. The zero-order valence-electron chi connectivity index (χ0n) is 14.5. The maximum atomic E-state index is 12.3. The number of esters is 1. The number of nitrogens with one attached hydrogen (secondary N) is 2. The lowest BCUT2D eigenvalue weighted by molar-refractivity contribution is 0.0527. The molecule has 0 spiro atoms. The lowest BCUT2D eigenvalue weighted by Gasteiger charge is -2.07. The molecular formula is C18H17Cl2N3O3S. The number of aryl methyl sites for hydroxylation is 1. The maximum Gasteiger partial charge on any atom is 0.341 e. The largest absolute Gasteiger partial charge is 0.462 e. The molecule has 6 nitrogen and oxygen atoms in total. The molecule has 0 fully saturated rings. The SMILES string of the molecule is CCOC(=O)c1c(NC(=O)N/N=C/c2ccc(Cl)cc2Cl)sc2c1CCC2. The van der Waals surface area contributed by atoms with Crippen LogP contribution in [0.25, 0.3) is 0 Å². The number of halogens is 2. The number of amides is 2. The number of hydrogen-bond acceptors (Lipinski definition) is 5.